The minimum atomic E-state index is 0.113. The molecule has 0 aliphatic heterocycles. The molecule has 0 bridgehead atoms. The van der Waals surface area contributed by atoms with Gasteiger partial charge in [-0.3, -0.25) is 4.68 Å². The van der Waals surface area contributed by atoms with Crippen molar-refractivity contribution in [1.29, 1.82) is 0 Å². The molecule has 0 amide bonds. The van der Waals surface area contributed by atoms with E-state index in [-0.39, 0.29) is 18.6 Å². The summed E-state index contributed by atoms with van der Waals surface area (Å²) in [5.41, 5.74) is 1.27. The SMILES string of the molecule is OCCn1cc(CNCC2(CO)CC2)cn1. The van der Waals surface area contributed by atoms with E-state index >= 15 is 0 Å². The third-order valence-electron chi connectivity index (χ3n) is 3.14. The van der Waals surface area contributed by atoms with Crippen LogP contribution in [0, 0.1) is 5.41 Å². The molecule has 1 heterocycles. The summed E-state index contributed by atoms with van der Waals surface area (Å²) in [6.07, 6.45) is 5.99. The van der Waals surface area contributed by atoms with Crippen LogP contribution in [0.15, 0.2) is 12.4 Å². The van der Waals surface area contributed by atoms with Crippen molar-refractivity contribution in [1.82, 2.24) is 15.1 Å². The number of aliphatic hydroxyl groups is 2. The van der Waals surface area contributed by atoms with Crippen molar-refractivity contribution >= 4 is 0 Å². The maximum atomic E-state index is 9.14. The van der Waals surface area contributed by atoms with Crippen LogP contribution in [0.2, 0.25) is 0 Å². The summed E-state index contributed by atoms with van der Waals surface area (Å²) >= 11 is 0. The number of hydrogen-bond acceptors (Lipinski definition) is 4. The van der Waals surface area contributed by atoms with Gasteiger partial charge in [0, 0.05) is 36.9 Å². The fourth-order valence-electron chi connectivity index (χ4n) is 1.76. The van der Waals surface area contributed by atoms with Gasteiger partial charge in [-0.05, 0) is 12.8 Å². The first-order valence-electron chi connectivity index (χ1n) is 5.72. The van der Waals surface area contributed by atoms with E-state index in [0.717, 1.165) is 31.5 Å². The molecule has 0 saturated heterocycles. The highest BCUT2D eigenvalue weighted by molar-refractivity contribution is 5.04. The lowest BCUT2D eigenvalue weighted by molar-refractivity contribution is 0.207. The van der Waals surface area contributed by atoms with Crippen LogP contribution < -0.4 is 5.32 Å². The zero-order valence-corrected chi connectivity index (χ0v) is 9.39. The molecule has 3 N–H and O–H groups in total. The third-order valence-corrected chi connectivity index (χ3v) is 3.14. The maximum Gasteiger partial charge on any atom is 0.0640 e. The van der Waals surface area contributed by atoms with E-state index in [1.54, 1.807) is 10.9 Å². The van der Waals surface area contributed by atoms with Crippen LogP contribution in [-0.4, -0.2) is 39.8 Å². The van der Waals surface area contributed by atoms with Gasteiger partial charge >= 0.3 is 0 Å². The number of hydrogen-bond donors (Lipinski definition) is 3. The summed E-state index contributed by atoms with van der Waals surface area (Å²) < 4.78 is 1.73. The Kier molecular flexibility index (Phi) is 3.58. The average molecular weight is 225 g/mol. The first-order valence-corrected chi connectivity index (χ1v) is 5.72. The predicted octanol–water partition coefficient (Wildman–Crippen LogP) is -0.263. The number of rotatable bonds is 7. The lowest BCUT2D eigenvalue weighted by atomic mass is 10.1. The summed E-state index contributed by atoms with van der Waals surface area (Å²) in [5.74, 6) is 0. The summed E-state index contributed by atoms with van der Waals surface area (Å²) in [7, 11) is 0. The fraction of sp³-hybridized carbons (Fsp3) is 0.727. The second-order valence-electron chi connectivity index (χ2n) is 4.60. The Hall–Kier alpha value is -0.910. The lowest BCUT2D eigenvalue weighted by Crippen LogP contribution is -2.25. The summed E-state index contributed by atoms with van der Waals surface area (Å²) in [6, 6.07) is 0. The molecule has 0 unspecified atom stereocenters. The van der Waals surface area contributed by atoms with Gasteiger partial charge in [0.25, 0.3) is 0 Å². The van der Waals surface area contributed by atoms with Gasteiger partial charge in [0.05, 0.1) is 19.3 Å². The van der Waals surface area contributed by atoms with E-state index in [2.05, 4.69) is 10.4 Å². The molecule has 1 aromatic heterocycles. The molecular weight excluding hydrogens is 206 g/mol. The quantitative estimate of drug-likeness (QED) is 0.598. The highest BCUT2D eigenvalue weighted by Crippen LogP contribution is 2.44. The molecule has 1 fully saturated rings. The molecule has 0 atom stereocenters. The molecule has 0 aromatic carbocycles. The number of aliphatic hydroxyl groups excluding tert-OH is 2. The van der Waals surface area contributed by atoms with Crippen molar-refractivity contribution in [3.05, 3.63) is 18.0 Å². The van der Waals surface area contributed by atoms with Gasteiger partial charge in [-0.25, -0.2) is 0 Å². The fourth-order valence-corrected chi connectivity index (χ4v) is 1.76. The largest absolute Gasteiger partial charge is 0.396 e. The van der Waals surface area contributed by atoms with Crippen LogP contribution in [0.5, 0.6) is 0 Å². The molecule has 1 saturated carbocycles. The van der Waals surface area contributed by atoms with Gasteiger partial charge in [0.2, 0.25) is 0 Å². The van der Waals surface area contributed by atoms with E-state index in [4.69, 9.17) is 10.2 Å². The average Bonchev–Trinajstić information content (AvgIpc) is 2.94. The van der Waals surface area contributed by atoms with E-state index in [0.29, 0.717) is 6.54 Å². The van der Waals surface area contributed by atoms with Crippen LogP contribution in [-0.2, 0) is 13.1 Å². The Balaban J connectivity index is 1.72. The molecule has 1 aliphatic rings. The van der Waals surface area contributed by atoms with E-state index in [9.17, 15) is 0 Å². The monoisotopic (exact) mass is 225 g/mol. The number of aromatic nitrogens is 2. The first-order chi connectivity index (χ1) is 7.78. The molecule has 5 nitrogen and oxygen atoms in total. The zero-order valence-electron chi connectivity index (χ0n) is 9.39. The van der Waals surface area contributed by atoms with Crippen LogP contribution in [0.1, 0.15) is 18.4 Å². The van der Waals surface area contributed by atoms with Crippen LogP contribution in [0.4, 0.5) is 0 Å². The van der Waals surface area contributed by atoms with Crippen molar-refractivity contribution in [3.8, 4) is 0 Å². The van der Waals surface area contributed by atoms with Gasteiger partial charge < -0.3 is 15.5 Å². The Bertz CT molecular complexity index is 334. The molecular formula is C11H19N3O2. The van der Waals surface area contributed by atoms with Crippen molar-refractivity contribution in [2.24, 2.45) is 5.41 Å². The lowest BCUT2D eigenvalue weighted by Gasteiger charge is -2.11. The predicted molar refractivity (Wildman–Crippen MR) is 59.8 cm³/mol. The van der Waals surface area contributed by atoms with Gasteiger partial charge in [0.1, 0.15) is 0 Å². The Morgan fingerprint density at radius 1 is 1.44 bits per heavy atom. The first kappa shape index (κ1) is 11.6. The third kappa shape index (κ3) is 2.81. The summed E-state index contributed by atoms with van der Waals surface area (Å²) in [4.78, 5) is 0. The van der Waals surface area contributed by atoms with Gasteiger partial charge in [-0.15, -0.1) is 0 Å². The van der Waals surface area contributed by atoms with Crippen molar-refractivity contribution < 1.29 is 10.2 Å². The van der Waals surface area contributed by atoms with Crippen LogP contribution in [0.25, 0.3) is 0 Å². The van der Waals surface area contributed by atoms with E-state index in [1.165, 1.54) is 0 Å². The molecule has 5 heteroatoms. The Morgan fingerprint density at radius 3 is 2.88 bits per heavy atom. The molecule has 1 aromatic rings. The second-order valence-corrected chi connectivity index (χ2v) is 4.60. The van der Waals surface area contributed by atoms with Gasteiger partial charge in [0.15, 0.2) is 0 Å². The van der Waals surface area contributed by atoms with E-state index in [1.807, 2.05) is 6.20 Å². The minimum absolute atomic E-state index is 0.113. The summed E-state index contributed by atoms with van der Waals surface area (Å²) in [5, 5.41) is 25.4. The molecule has 0 radical (unpaired) electrons. The van der Waals surface area contributed by atoms with Crippen molar-refractivity contribution in [2.75, 3.05) is 19.8 Å². The highest BCUT2D eigenvalue weighted by Gasteiger charge is 2.41. The van der Waals surface area contributed by atoms with Gasteiger partial charge in [-0.1, -0.05) is 0 Å². The molecule has 90 valence electrons. The Labute approximate surface area is 95.1 Å². The summed E-state index contributed by atoms with van der Waals surface area (Å²) in [6.45, 7) is 2.58. The van der Waals surface area contributed by atoms with E-state index < -0.39 is 0 Å². The number of nitrogens with one attached hydrogen (secondary N) is 1. The topological polar surface area (TPSA) is 70.3 Å². The van der Waals surface area contributed by atoms with Crippen molar-refractivity contribution in [3.63, 3.8) is 0 Å². The standard InChI is InChI=1S/C11H19N3O2/c15-4-3-14-7-10(6-13-14)5-12-8-11(9-16)1-2-11/h6-7,12,15-16H,1-5,8-9H2. The minimum Gasteiger partial charge on any atom is -0.396 e. The smallest absolute Gasteiger partial charge is 0.0640 e. The van der Waals surface area contributed by atoms with Crippen LogP contribution in [0.3, 0.4) is 0 Å². The molecule has 0 spiro atoms. The maximum absolute atomic E-state index is 9.14. The van der Waals surface area contributed by atoms with Crippen LogP contribution >= 0.6 is 0 Å². The van der Waals surface area contributed by atoms with Crippen molar-refractivity contribution in [2.45, 2.75) is 25.9 Å². The normalized spacial score (nSPS) is 17.6. The van der Waals surface area contributed by atoms with Gasteiger partial charge in [-0.2, -0.15) is 5.10 Å². The molecule has 2 rings (SSSR count). The highest BCUT2D eigenvalue weighted by atomic mass is 16.3. The molecule has 1 aliphatic carbocycles. The second kappa shape index (κ2) is 4.95. The Morgan fingerprint density at radius 2 is 2.25 bits per heavy atom. The molecule has 16 heavy (non-hydrogen) atoms. The number of nitrogens with zero attached hydrogens (tertiary/aromatic N) is 2. The zero-order chi connectivity index (χ0) is 11.4.